The molecule has 1 heterocycles. The van der Waals surface area contributed by atoms with Crippen LogP contribution in [0.4, 0.5) is 5.69 Å². The van der Waals surface area contributed by atoms with Crippen molar-refractivity contribution in [3.63, 3.8) is 0 Å². The Morgan fingerprint density at radius 3 is 2.56 bits per heavy atom. The van der Waals surface area contributed by atoms with Gasteiger partial charge in [-0.05, 0) is 43.7 Å². The Bertz CT molecular complexity index is 828. The Morgan fingerprint density at radius 2 is 1.80 bits per heavy atom. The molecule has 0 unspecified atom stereocenters. The first kappa shape index (κ1) is 16.8. The van der Waals surface area contributed by atoms with Crippen molar-refractivity contribution in [3.05, 3.63) is 53.6 Å². The molecule has 1 aliphatic rings. The normalized spacial score (nSPS) is 12.6. The third kappa shape index (κ3) is 3.15. The number of esters is 1. The summed E-state index contributed by atoms with van der Waals surface area (Å²) in [6.45, 7) is 3.79. The summed E-state index contributed by atoms with van der Waals surface area (Å²) in [5, 5.41) is 2.82. The Labute approximate surface area is 145 Å². The van der Waals surface area contributed by atoms with Crippen molar-refractivity contribution < 1.29 is 23.8 Å². The molecule has 25 heavy (non-hydrogen) atoms. The number of para-hydroxylation sites is 1. The second-order valence-corrected chi connectivity index (χ2v) is 6.18. The molecule has 0 spiro atoms. The lowest BCUT2D eigenvalue weighted by molar-refractivity contribution is -0.120. The molecule has 0 radical (unpaired) electrons. The molecule has 3 rings (SSSR count). The Hall–Kier alpha value is -3.02. The maximum atomic E-state index is 12.9. The first-order chi connectivity index (χ1) is 11.9. The van der Waals surface area contributed by atoms with Gasteiger partial charge in [-0.3, -0.25) is 4.79 Å². The predicted molar refractivity (Wildman–Crippen MR) is 92.0 cm³/mol. The molecule has 0 aromatic heterocycles. The largest absolute Gasteiger partial charge is 0.465 e. The van der Waals surface area contributed by atoms with Gasteiger partial charge in [0.25, 0.3) is 0 Å². The van der Waals surface area contributed by atoms with Crippen LogP contribution in [0.5, 0.6) is 11.5 Å². The zero-order valence-corrected chi connectivity index (χ0v) is 14.3. The van der Waals surface area contributed by atoms with E-state index in [0.717, 1.165) is 5.56 Å². The van der Waals surface area contributed by atoms with E-state index in [1.54, 1.807) is 50.2 Å². The number of hydrogen-bond acceptors (Lipinski definition) is 5. The van der Waals surface area contributed by atoms with Crippen molar-refractivity contribution in [3.8, 4) is 11.5 Å². The predicted octanol–water partition coefficient (Wildman–Crippen LogP) is 3.12. The lowest BCUT2D eigenvalue weighted by Gasteiger charge is -2.25. The average molecular weight is 341 g/mol. The van der Waals surface area contributed by atoms with E-state index in [2.05, 4.69) is 5.32 Å². The van der Waals surface area contributed by atoms with Crippen LogP contribution in [-0.4, -0.2) is 25.8 Å². The minimum absolute atomic E-state index is 0.178. The molecule has 0 fully saturated rings. The molecule has 0 saturated carbocycles. The number of ether oxygens (including phenoxy) is 3. The first-order valence-corrected chi connectivity index (χ1v) is 7.82. The van der Waals surface area contributed by atoms with Crippen LogP contribution in [0.3, 0.4) is 0 Å². The highest BCUT2D eigenvalue weighted by atomic mass is 16.7. The molecular formula is C19H19NO5. The van der Waals surface area contributed by atoms with Crippen molar-refractivity contribution >= 4 is 17.6 Å². The summed E-state index contributed by atoms with van der Waals surface area (Å²) in [5.74, 6) is 0.531. The first-order valence-electron chi connectivity index (χ1n) is 7.82. The number of fused-ring (bicyclic) bond motifs is 1. The number of benzene rings is 2. The number of carbonyl (C=O) groups is 2. The van der Waals surface area contributed by atoms with Gasteiger partial charge in [-0.1, -0.05) is 18.2 Å². The topological polar surface area (TPSA) is 73.9 Å². The second kappa shape index (κ2) is 6.47. The quantitative estimate of drug-likeness (QED) is 0.865. The molecule has 2 aromatic rings. The zero-order valence-electron chi connectivity index (χ0n) is 14.3. The van der Waals surface area contributed by atoms with E-state index in [9.17, 15) is 9.59 Å². The van der Waals surface area contributed by atoms with E-state index in [-0.39, 0.29) is 12.7 Å². The molecule has 0 saturated heterocycles. The summed E-state index contributed by atoms with van der Waals surface area (Å²) in [4.78, 5) is 24.7. The van der Waals surface area contributed by atoms with Gasteiger partial charge >= 0.3 is 5.97 Å². The number of anilines is 1. The third-order valence-electron chi connectivity index (χ3n) is 4.24. The summed E-state index contributed by atoms with van der Waals surface area (Å²) in [5.41, 5.74) is 0.655. The fourth-order valence-electron chi connectivity index (χ4n) is 2.58. The molecule has 0 aliphatic carbocycles. The monoisotopic (exact) mass is 341 g/mol. The van der Waals surface area contributed by atoms with Crippen molar-refractivity contribution in [1.29, 1.82) is 0 Å². The second-order valence-electron chi connectivity index (χ2n) is 6.18. The van der Waals surface area contributed by atoms with Crippen LogP contribution in [0.1, 0.15) is 29.8 Å². The Morgan fingerprint density at radius 1 is 1.08 bits per heavy atom. The van der Waals surface area contributed by atoms with Crippen molar-refractivity contribution in [2.45, 2.75) is 19.3 Å². The van der Waals surface area contributed by atoms with Gasteiger partial charge in [0.05, 0.1) is 23.8 Å². The molecule has 1 amide bonds. The number of nitrogens with one attached hydrogen (secondary N) is 1. The van der Waals surface area contributed by atoms with Crippen LogP contribution in [0.15, 0.2) is 42.5 Å². The highest BCUT2D eigenvalue weighted by Crippen LogP contribution is 2.37. The highest BCUT2D eigenvalue weighted by Gasteiger charge is 2.32. The zero-order chi connectivity index (χ0) is 18.0. The van der Waals surface area contributed by atoms with Crippen LogP contribution in [-0.2, 0) is 14.9 Å². The Balaban J connectivity index is 1.87. The van der Waals surface area contributed by atoms with Crippen molar-refractivity contribution in [2.24, 2.45) is 0 Å². The molecule has 2 aromatic carbocycles. The SMILES string of the molecule is COC(=O)c1ccccc1NC(=O)C(C)(C)c1ccc2c(c1)OCO2. The lowest BCUT2D eigenvalue weighted by atomic mass is 9.83. The fraction of sp³-hybridized carbons (Fsp3) is 0.263. The van der Waals surface area contributed by atoms with Gasteiger partial charge in [-0.2, -0.15) is 0 Å². The number of amides is 1. The number of hydrogen-bond donors (Lipinski definition) is 1. The van der Waals surface area contributed by atoms with Gasteiger partial charge in [-0.15, -0.1) is 0 Å². The van der Waals surface area contributed by atoms with E-state index in [4.69, 9.17) is 14.2 Å². The van der Waals surface area contributed by atoms with E-state index in [0.29, 0.717) is 22.7 Å². The summed E-state index contributed by atoms with van der Waals surface area (Å²) in [6, 6.07) is 12.2. The fourth-order valence-corrected chi connectivity index (χ4v) is 2.58. The lowest BCUT2D eigenvalue weighted by Crippen LogP contribution is -2.35. The van der Waals surface area contributed by atoms with Crippen LogP contribution in [0.25, 0.3) is 0 Å². The average Bonchev–Trinajstić information content (AvgIpc) is 3.09. The third-order valence-corrected chi connectivity index (χ3v) is 4.24. The van der Waals surface area contributed by atoms with Crippen molar-refractivity contribution in [2.75, 3.05) is 19.2 Å². The van der Waals surface area contributed by atoms with Crippen LogP contribution in [0, 0.1) is 0 Å². The van der Waals surface area contributed by atoms with Crippen LogP contribution < -0.4 is 14.8 Å². The summed E-state index contributed by atoms with van der Waals surface area (Å²) < 4.78 is 15.4. The summed E-state index contributed by atoms with van der Waals surface area (Å²) in [7, 11) is 1.30. The number of methoxy groups -OCH3 is 1. The van der Waals surface area contributed by atoms with Gasteiger partial charge in [-0.25, -0.2) is 4.79 Å². The van der Waals surface area contributed by atoms with E-state index >= 15 is 0 Å². The number of rotatable bonds is 4. The molecule has 0 atom stereocenters. The Kier molecular flexibility index (Phi) is 4.35. The molecule has 1 aliphatic heterocycles. The van der Waals surface area contributed by atoms with E-state index in [1.165, 1.54) is 7.11 Å². The molecule has 1 N–H and O–H groups in total. The summed E-state index contributed by atoms with van der Waals surface area (Å²) >= 11 is 0. The maximum absolute atomic E-state index is 12.9. The van der Waals surface area contributed by atoms with Gasteiger partial charge in [0.15, 0.2) is 11.5 Å². The molecule has 0 bridgehead atoms. The molecular weight excluding hydrogens is 322 g/mol. The van der Waals surface area contributed by atoms with Gasteiger partial charge in [0.2, 0.25) is 12.7 Å². The maximum Gasteiger partial charge on any atom is 0.339 e. The summed E-state index contributed by atoms with van der Waals surface area (Å²) in [6.07, 6.45) is 0. The van der Waals surface area contributed by atoms with E-state index in [1.807, 2.05) is 6.07 Å². The van der Waals surface area contributed by atoms with E-state index < -0.39 is 11.4 Å². The molecule has 130 valence electrons. The number of carbonyl (C=O) groups excluding carboxylic acids is 2. The minimum Gasteiger partial charge on any atom is -0.465 e. The van der Waals surface area contributed by atoms with Gasteiger partial charge < -0.3 is 19.5 Å². The smallest absolute Gasteiger partial charge is 0.339 e. The molecule has 6 nitrogen and oxygen atoms in total. The highest BCUT2D eigenvalue weighted by molar-refractivity contribution is 6.04. The van der Waals surface area contributed by atoms with Gasteiger partial charge in [0.1, 0.15) is 0 Å². The minimum atomic E-state index is -0.843. The molecule has 6 heteroatoms. The van der Waals surface area contributed by atoms with Crippen LogP contribution >= 0.6 is 0 Å². The van der Waals surface area contributed by atoms with Crippen LogP contribution in [0.2, 0.25) is 0 Å². The van der Waals surface area contributed by atoms with Gasteiger partial charge in [0, 0.05) is 0 Å². The van der Waals surface area contributed by atoms with Crippen molar-refractivity contribution in [1.82, 2.24) is 0 Å². The standard InChI is InChI=1S/C19H19NO5/c1-19(2,12-8-9-15-16(10-12)25-11-24-15)18(22)20-14-7-5-4-6-13(14)17(21)23-3/h4-10H,11H2,1-3H3,(H,20,22).